The van der Waals surface area contributed by atoms with Crippen molar-refractivity contribution in [2.45, 2.75) is 37.9 Å². The van der Waals surface area contributed by atoms with Crippen LogP contribution in [0.15, 0.2) is 42.6 Å². The zero-order valence-corrected chi connectivity index (χ0v) is 18.7. The molecule has 1 saturated heterocycles. The summed E-state index contributed by atoms with van der Waals surface area (Å²) < 4.78 is 11.1. The van der Waals surface area contributed by atoms with Gasteiger partial charge in [0.15, 0.2) is 11.5 Å². The van der Waals surface area contributed by atoms with E-state index in [1.165, 1.54) is 0 Å². The first-order valence-corrected chi connectivity index (χ1v) is 11.5. The molecule has 3 aromatic rings. The number of carbonyl (C=O) groups is 1. The predicted molar refractivity (Wildman–Crippen MR) is 127 cm³/mol. The Bertz CT molecular complexity index is 1230. The molecule has 2 atom stereocenters. The van der Waals surface area contributed by atoms with E-state index < -0.39 is 0 Å². The van der Waals surface area contributed by atoms with Gasteiger partial charge in [0.05, 0.1) is 23.1 Å². The quantitative estimate of drug-likeness (QED) is 0.515. The van der Waals surface area contributed by atoms with Crippen molar-refractivity contribution in [1.29, 1.82) is 5.26 Å². The fourth-order valence-electron chi connectivity index (χ4n) is 4.33. The average Bonchev–Trinajstić information content (AvgIpc) is 2.88. The second-order valence-corrected chi connectivity index (χ2v) is 8.52. The summed E-state index contributed by atoms with van der Waals surface area (Å²) in [6.07, 6.45) is 3.96. The summed E-state index contributed by atoms with van der Waals surface area (Å²) in [6.45, 7) is 2.54. The molecule has 5 rings (SSSR count). The maximum absolute atomic E-state index is 12.7. The van der Waals surface area contributed by atoms with Crippen LogP contribution in [0.25, 0.3) is 10.9 Å². The minimum Gasteiger partial charge on any atom is -0.486 e. The van der Waals surface area contributed by atoms with Gasteiger partial charge in [-0.3, -0.25) is 9.78 Å². The molecule has 9 nitrogen and oxygen atoms in total. The molecule has 3 N–H and O–H groups in total. The van der Waals surface area contributed by atoms with E-state index in [9.17, 15) is 4.79 Å². The second kappa shape index (κ2) is 10.0. The van der Waals surface area contributed by atoms with Crippen molar-refractivity contribution >= 4 is 22.5 Å². The molecule has 1 amide bonds. The molecule has 0 spiro atoms. The molecule has 2 aliphatic rings. The molecule has 174 valence electrons. The van der Waals surface area contributed by atoms with Crippen molar-refractivity contribution in [3.8, 4) is 17.6 Å². The molecule has 4 heterocycles. The lowest BCUT2D eigenvalue weighted by Crippen LogP contribution is -2.48. The van der Waals surface area contributed by atoms with E-state index in [0.29, 0.717) is 54.9 Å². The average molecular weight is 459 g/mol. The number of nitriles is 1. The van der Waals surface area contributed by atoms with Gasteiger partial charge < -0.3 is 25.4 Å². The van der Waals surface area contributed by atoms with E-state index in [0.717, 1.165) is 36.2 Å². The molecular weight excluding hydrogens is 432 g/mol. The minimum absolute atomic E-state index is 0.0685. The minimum atomic E-state index is -0.0685. The van der Waals surface area contributed by atoms with Gasteiger partial charge in [-0.15, -0.1) is 0 Å². The zero-order valence-electron chi connectivity index (χ0n) is 18.7. The van der Waals surface area contributed by atoms with Crippen LogP contribution < -0.4 is 25.4 Å². The van der Waals surface area contributed by atoms with Crippen molar-refractivity contribution in [2.75, 3.05) is 25.1 Å². The number of aromatic nitrogens is 2. The maximum atomic E-state index is 12.7. The van der Waals surface area contributed by atoms with Gasteiger partial charge in [0, 0.05) is 43.0 Å². The van der Waals surface area contributed by atoms with Crippen LogP contribution in [-0.2, 0) is 11.3 Å². The molecule has 2 aromatic heterocycles. The first kappa shape index (κ1) is 22.1. The van der Waals surface area contributed by atoms with E-state index in [2.05, 4.69) is 25.9 Å². The van der Waals surface area contributed by atoms with Gasteiger partial charge >= 0.3 is 0 Å². The van der Waals surface area contributed by atoms with Gasteiger partial charge in [-0.2, -0.15) is 5.26 Å². The van der Waals surface area contributed by atoms with Crippen LogP contribution in [0, 0.1) is 11.3 Å². The molecule has 0 bridgehead atoms. The highest BCUT2D eigenvalue weighted by Crippen LogP contribution is 2.29. The topological polar surface area (TPSA) is 121 Å². The third-order valence-electron chi connectivity index (χ3n) is 6.12. The molecular formula is C25H26N6O3. The summed E-state index contributed by atoms with van der Waals surface area (Å²) in [5.41, 5.74) is 2.49. The maximum Gasteiger partial charge on any atom is 0.225 e. The van der Waals surface area contributed by atoms with Crippen molar-refractivity contribution in [3.63, 3.8) is 0 Å². The lowest BCUT2D eigenvalue weighted by atomic mass is 9.98. The van der Waals surface area contributed by atoms with Crippen LogP contribution in [0.3, 0.4) is 0 Å². The zero-order chi connectivity index (χ0) is 23.3. The van der Waals surface area contributed by atoms with Crippen LogP contribution in [0.2, 0.25) is 0 Å². The fraction of sp³-hybridized carbons (Fsp3) is 0.360. The number of nitrogens with one attached hydrogen (secondary N) is 3. The Hall–Kier alpha value is -3.74. The van der Waals surface area contributed by atoms with E-state index in [-0.39, 0.29) is 11.9 Å². The van der Waals surface area contributed by atoms with Crippen molar-refractivity contribution in [1.82, 2.24) is 20.6 Å². The van der Waals surface area contributed by atoms with Gasteiger partial charge in [0.1, 0.15) is 25.0 Å². The van der Waals surface area contributed by atoms with Gasteiger partial charge in [-0.05, 0) is 31.0 Å². The van der Waals surface area contributed by atoms with E-state index >= 15 is 0 Å². The predicted octanol–water partition coefficient (Wildman–Crippen LogP) is 2.51. The smallest absolute Gasteiger partial charge is 0.225 e. The highest BCUT2D eigenvalue weighted by atomic mass is 16.6. The highest BCUT2D eigenvalue weighted by molar-refractivity contribution is 6.00. The van der Waals surface area contributed by atoms with Crippen LogP contribution in [0.1, 0.15) is 30.7 Å². The molecule has 2 aliphatic heterocycles. The van der Waals surface area contributed by atoms with E-state index in [1.54, 1.807) is 12.3 Å². The SMILES string of the molecule is N#Cc1ccc2cccc(NC(=O)C[C@@H]3CC[C@@H](NCc4cc5c(cn4)OCCO5)CN3)c2n1. The Morgan fingerprint density at radius 1 is 1.18 bits per heavy atom. The van der Waals surface area contributed by atoms with Crippen molar-refractivity contribution in [2.24, 2.45) is 0 Å². The second-order valence-electron chi connectivity index (χ2n) is 8.52. The summed E-state index contributed by atoms with van der Waals surface area (Å²) in [5.74, 6) is 1.37. The van der Waals surface area contributed by atoms with Gasteiger partial charge in [-0.1, -0.05) is 12.1 Å². The number of fused-ring (bicyclic) bond motifs is 2. The number of para-hydroxylation sites is 1. The fourth-order valence-corrected chi connectivity index (χ4v) is 4.33. The summed E-state index contributed by atoms with van der Waals surface area (Å²) in [6, 6.07) is 13.5. The molecule has 1 aromatic carbocycles. The largest absolute Gasteiger partial charge is 0.486 e. The van der Waals surface area contributed by atoms with Gasteiger partial charge in [0.2, 0.25) is 5.91 Å². The lowest BCUT2D eigenvalue weighted by molar-refractivity contribution is -0.116. The third-order valence-corrected chi connectivity index (χ3v) is 6.12. The Kier molecular flexibility index (Phi) is 6.51. The Morgan fingerprint density at radius 3 is 2.88 bits per heavy atom. The molecule has 0 aliphatic carbocycles. The Labute approximate surface area is 197 Å². The van der Waals surface area contributed by atoms with Gasteiger partial charge in [-0.25, -0.2) is 4.98 Å². The first-order valence-electron chi connectivity index (χ1n) is 11.5. The molecule has 34 heavy (non-hydrogen) atoms. The number of pyridine rings is 2. The monoisotopic (exact) mass is 458 g/mol. The molecule has 9 heteroatoms. The number of carbonyl (C=O) groups excluding carboxylic acids is 1. The number of amides is 1. The summed E-state index contributed by atoms with van der Waals surface area (Å²) in [5, 5.41) is 20.0. The number of ether oxygens (including phenoxy) is 2. The Morgan fingerprint density at radius 2 is 2.06 bits per heavy atom. The number of piperidine rings is 1. The molecule has 0 saturated carbocycles. The van der Waals surface area contributed by atoms with E-state index in [4.69, 9.17) is 14.7 Å². The van der Waals surface area contributed by atoms with Crippen molar-refractivity contribution < 1.29 is 14.3 Å². The van der Waals surface area contributed by atoms with Crippen LogP contribution in [0.4, 0.5) is 5.69 Å². The van der Waals surface area contributed by atoms with Crippen molar-refractivity contribution in [3.05, 3.63) is 54.0 Å². The highest BCUT2D eigenvalue weighted by Gasteiger charge is 2.23. The first-order chi connectivity index (χ1) is 16.7. The van der Waals surface area contributed by atoms with E-state index in [1.807, 2.05) is 36.4 Å². The number of hydrogen-bond acceptors (Lipinski definition) is 8. The lowest BCUT2D eigenvalue weighted by Gasteiger charge is -2.30. The Balaban J connectivity index is 1.10. The molecule has 1 fully saturated rings. The molecule has 0 unspecified atom stereocenters. The summed E-state index contributed by atoms with van der Waals surface area (Å²) in [4.78, 5) is 21.5. The van der Waals surface area contributed by atoms with Crippen LogP contribution >= 0.6 is 0 Å². The number of anilines is 1. The van der Waals surface area contributed by atoms with Gasteiger partial charge in [0.25, 0.3) is 0 Å². The van der Waals surface area contributed by atoms with Crippen LogP contribution in [0.5, 0.6) is 11.5 Å². The third kappa shape index (κ3) is 5.09. The normalized spacial score (nSPS) is 19.4. The standard InChI is InChI=1S/C25H26N6O3/c26-12-18-5-4-16-2-1-3-21(25(16)30-18)31-24(32)11-17-6-7-19(13-27-17)28-14-20-10-22-23(15-29-20)34-9-8-33-22/h1-5,10,15,17,19,27-28H,6-9,11,13-14H2,(H,31,32)/t17-,19+/m0/s1. The molecule has 0 radical (unpaired) electrons. The van der Waals surface area contributed by atoms with Crippen LogP contribution in [-0.4, -0.2) is 47.7 Å². The summed E-state index contributed by atoms with van der Waals surface area (Å²) in [7, 11) is 0. The number of nitrogens with zero attached hydrogens (tertiary/aromatic N) is 3. The number of rotatable bonds is 6. The number of benzene rings is 1. The number of hydrogen-bond donors (Lipinski definition) is 3. The summed E-state index contributed by atoms with van der Waals surface area (Å²) >= 11 is 0.